The van der Waals surface area contributed by atoms with Crippen LogP contribution < -0.4 is 16.0 Å². The van der Waals surface area contributed by atoms with E-state index in [0.29, 0.717) is 16.9 Å². The quantitative estimate of drug-likeness (QED) is 0.842. The lowest BCUT2D eigenvalue weighted by atomic mass is 10.1. The fourth-order valence-electron chi connectivity index (χ4n) is 3.03. The van der Waals surface area contributed by atoms with Gasteiger partial charge in [-0.1, -0.05) is 13.0 Å². The van der Waals surface area contributed by atoms with Gasteiger partial charge < -0.3 is 20.9 Å². The maximum Gasteiger partial charge on any atom is 0.255 e. The molecule has 1 saturated heterocycles. The number of carbonyl (C=O) groups is 1. The van der Waals surface area contributed by atoms with Crippen molar-refractivity contribution >= 4 is 23.0 Å². The Morgan fingerprint density at radius 2 is 1.76 bits per heavy atom. The van der Waals surface area contributed by atoms with Crippen molar-refractivity contribution in [2.24, 2.45) is 0 Å². The van der Waals surface area contributed by atoms with Crippen LogP contribution in [0, 0.1) is 0 Å². The Morgan fingerprint density at radius 3 is 2.36 bits per heavy atom. The minimum absolute atomic E-state index is 0.138. The molecule has 0 atom stereocenters. The van der Waals surface area contributed by atoms with Crippen LogP contribution in [-0.2, 0) is 6.42 Å². The molecule has 1 amide bonds. The van der Waals surface area contributed by atoms with Crippen molar-refractivity contribution in [2.45, 2.75) is 13.3 Å². The van der Waals surface area contributed by atoms with E-state index < -0.39 is 0 Å². The molecule has 0 radical (unpaired) electrons. The maximum atomic E-state index is 12.5. The second-order valence-corrected chi connectivity index (χ2v) is 6.57. The van der Waals surface area contributed by atoms with Crippen molar-refractivity contribution in [1.82, 2.24) is 4.90 Å². The molecule has 3 rings (SSSR count). The molecule has 1 aliphatic heterocycles. The number of nitrogens with one attached hydrogen (secondary N) is 1. The molecular weight excluding hydrogens is 312 g/mol. The number of likely N-dealkylation sites (N-methyl/N-ethyl adjacent to an activating group) is 1. The number of amides is 1. The van der Waals surface area contributed by atoms with E-state index in [-0.39, 0.29) is 5.91 Å². The molecule has 3 N–H and O–H groups in total. The van der Waals surface area contributed by atoms with Crippen LogP contribution in [0.3, 0.4) is 0 Å². The van der Waals surface area contributed by atoms with Gasteiger partial charge in [-0.15, -0.1) is 0 Å². The molecule has 0 spiro atoms. The lowest BCUT2D eigenvalue weighted by molar-refractivity contribution is 0.102. The summed E-state index contributed by atoms with van der Waals surface area (Å²) in [6, 6.07) is 13.5. The van der Waals surface area contributed by atoms with Crippen LogP contribution >= 0.6 is 0 Å². The summed E-state index contributed by atoms with van der Waals surface area (Å²) < 4.78 is 0. The third-order valence-corrected chi connectivity index (χ3v) is 4.77. The van der Waals surface area contributed by atoms with Gasteiger partial charge in [0.05, 0.1) is 11.4 Å². The normalized spacial score (nSPS) is 15.2. The van der Waals surface area contributed by atoms with Crippen LogP contribution in [0.15, 0.2) is 42.5 Å². The summed E-state index contributed by atoms with van der Waals surface area (Å²) in [7, 11) is 2.14. The van der Waals surface area contributed by atoms with Crippen molar-refractivity contribution in [3.05, 3.63) is 53.6 Å². The van der Waals surface area contributed by atoms with Crippen LogP contribution in [0.25, 0.3) is 0 Å². The van der Waals surface area contributed by atoms with Gasteiger partial charge in [-0.05, 0) is 55.4 Å². The summed E-state index contributed by atoms with van der Waals surface area (Å²) in [6.07, 6.45) is 0.923. The molecule has 1 fully saturated rings. The standard InChI is InChI=1S/C20H26N4O/c1-3-15-4-9-19(18(21)14-15)22-20(25)16-5-7-17(8-6-16)24-12-10-23(2)11-13-24/h4-9,14H,3,10-13,21H2,1-2H3,(H,22,25). The van der Waals surface area contributed by atoms with Crippen molar-refractivity contribution in [1.29, 1.82) is 0 Å². The smallest absolute Gasteiger partial charge is 0.255 e. The first kappa shape index (κ1) is 17.3. The molecule has 132 valence electrons. The Balaban J connectivity index is 1.66. The number of nitrogen functional groups attached to an aromatic ring is 1. The number of benzene rings is 2. The molecule has 0 saturated carbocycles. The minimum atomic E-state index is -0.138. The largest absolute Gasteiger partial charge is 0.397 e. The first-order chi connectivity index (χ1) is 12.1. The lowest BCUT2D eigenvalue weighted by Crippen LogP contribution is -2.44. The van der Waals surface area contributed by atoms with Gasteiger partial charge in [0.15, 0.2) is 0 Å². The summed E-state index contributed by atoms with van der Waals surface area (Å²) in [6.45, 7) is 6.24. The molecule has 2 aromatic rings. The zero-order valence-electron chi connectivity index (χ0n) is 15.0. The van der Waals surface area contributed by atoms with E-state index in [1.54, 1.807) is 0 Å². The summed E-state index contributed by atoms with van der Waals surface area (Å²) in [5.41, 5.74) is 10.2. The summed E-state index contributed by atoms with van der Waals surface area (Å²) in [5.74, 6) is -0.138. The van der Waals surface area contributed by atoms with Gasteiger partial charge in [-0.2, -0.15) is 0 Å². The van der Waals surface area contributed by atoms with Gasteiger partial charge in [0.1, 0.15) is 0 Å². The van der Waals surface area contributed by atoms with E-state index in [1.165, 1.54) is 0 Å². The molecule has 25 heavy (non-hydrogen) atoms. The zero-order valence-corrected chi connectivity index (χ0v) is 15.0. The number of carbonyl (C=O) groups excluding carboxylic acids is 1. The molecule has 0 aliphatic carbocycles. The van der Waals surface area contributed by atoms with E-state index in [0.717, 1.165) is 43.9 Å². The summed E-state index contributed by atoms with van der Waals surface area (Å²) >= 11 is 0. The van der Waals surface area contributed by atoms with Crippen LogP contribution in [0.5, 0.6) is 0 Å². The van der Waals surface area contributed by atoms with Crippen molar-refractivity contribution in [2.75, 3.05) is 49.2 Å². The molecule has 5 heteroatoms. The van der Waals surface area contributed by atoms with Crippen molar-refractivity contribution < 1.29 is 4.79 Å². The van der Waals surface area contributed by atoms with Gasteiger partial charge in [0.25, 0.3) is 5.91 Å². The molecule has 0 bridgehead atoms. The molecule has 0 aromatic heterocycles. The molecule has 2 aromatic carbocycles. The average Bonchev–Trinajstić information content (AvgIpc) is 2.64. The van der Waals surface area contributed by atoms with Crippen molar-refractivity contribution in [3.8, 4) is 0 Å². The highest BCUT2D eigenvalue weighted by molar-refractivity contribution is 6.05. The first-order valence-electron chi connectivity index (χ1n) is 8.80. The zero-order chi connectivity index (χ0) is 17.8. The molecule has 1 heterocycles. The van der Waals surface area contributed by atoms with Crippen LogP contribution in [0.2, 0.25) is 0 Å². The summed E-state index contributed by atoms with van der Waals surface area (Å²) in [5, 5.41) is 2.90. The summed E-state index contributed by atoms with van der Waals surface area (Å²) in [4.78, 5) is 17.1. The Hall–Kier alpha value is -2.53. The predicted octanol–water partition coefficient (Wildman–Crippen LogP) is 2.84. The number of piperazine rings is 1. The molecule has 5 nitrogen and oxygen atoms in total. The van der Waals surface area contributed by atoms with Crippen LogP contribution in [0.1, 0.15) is 22.8 Å². The van der Waals surface area contributed by atoms with Gasteiger partial charge in [-0.25, -0.2) is 0 Å². The topological polar surface area (TPSA) is 61.6 Å². The Bertz CT molecular complexity index is 734. The first-order valence-corrected chi connectivity index (χ1v) is 8.80. The molecular formula is C20H26N4O. The third-order valence-electron chi connectivity index (χ3n) is 4.77. The van der Waals surface area contributed by atoms with E-state index in [2.05, 4.69) is 29.1 Å². The number of aryl methyl sites for hydroxylation is 1. The van der Waals surface area contributed by atoms with Gasteiger partial charge >= 0.3 is 0 Å². The third kappa shape index (κ3) is 4.12. The predicted molar refractivity (Wildman–Crippen MR) is 104 cm³/mol. The van der Waals surface area contributed by atoms with Crippen LogP contribution in [-0.4, -0.2) is 44.0 Å². The number of anilines is 3. The highest BCUT2D eigenvalue weighted by Gasteiger charge is 2.15. The second kappa shape index (κ2) is 7.57. The van der Waals surface area contributed by atoms with Gasteiger partial charge in [0.2, 0.25) is 0 Å². The fraction of sp³-hybridized carbons (Fsp3) is 0.350. The van der Waals surface area contributed by atoms with Crippen molar-refractivity contribution in [3.63, 3.8) is 0 Å². The number of nitrogens with two attached hydrogens (primary N) is 1. The highest BCUT2D eigenvalue weighted by atomic mass is 16.1. The van der Waals surface area contributed by atoms with Gasteiger partial charge in [-0.3, -0.25) is 4.79 Å². The Kier molecular flexibility index (Phi) is 5.24. The SMILES string of the molecule is CCc1ccc(NC(=O)c2ccc(N3CCN(C)CC3)cc2)c(N)c1. The number of nitrogens with zero attached hydrogens (tertiary/aromatic N) is 2. The number of hydrogen-bond donors (Lipinski definition) is 2. The van der Waals surface area contributed by atoms with E-state index in [9.17, 15) is 4.79 Å². The van der Waals surface area contributed by atoms with Crippen LogP contribution in [0.4, 0.5) is 17.1 Å². The molecule has 1 aliphatic rings. The number of hydrogen-bond acceptors (Lipinski definition) is 4. The Labute approximate surface area is 149 Å². The van der Waals surface area contributed by atoms with E-state index in [4.69, 9.17) is 5.73 Å². The maximum absolute atomic E-state index is 12.5. The number of rotatable bonds is 4. The average molecular weight is 338 g/mol. The second-order valence-electron chi connectivity index (χ2n) is 6.57. The lowest BCUT2D eigenvalue weighted by Gasteiger charge is -2.34. The van der Waals surface area contributed by atoms with Gasteiger partial charge in [0, 0.05) is 37.4 Å². The Morgan fingerprint density at radius 1 is 1.08 bits per heavy atom. The highest BCUT2D eigenvalue weighted by Crippen LogP contribution is 2.22. The molecule has 0 unspecified atom stereocenters. The fourth-order valence-corrected chi connectivity index (χ4v) is 3.03. The van der Waals surface area contributed by atoms with E-state index >= 15 is 0 Å². The van der Waals surface area contributed by atoms with E-state index in [1.807, 2.05) is 42.5 Å². The monoisotopic (exact) mass is 338 g/mol. The minimum Gasteiger partial charge on any atom is -0.397 e.